The lowest BCUT2D eigenvalue weighted by molar-refractivity contribution is -0.133. The van der Waals surface area contributed by atoms with Crippen LogP contribution in [0.2, 0.25) is 5.02 Å². The van der Waals surface area contributed by atoms with E-state index in [9.17, 15) is 13.6 Å². The minimum absolute atomic E-state index is 0.0469. The maximum absolute atomic E-state index is 14.0. The van der Waals surface area contributed by atoms with Gasteiger partial charge >= 0.3 is 0 Å². The number of hydrogen-bond acceptors (Lipinski definition) is 3. The van der Waals surface area contributed by atoms with Crippen molar-refractivity contribution < 1.29 is 13.6 Å². The van der Waals surface area contributed by atoms with Gasteiger partial charge in [0.1, 0.15) is 29.0 Å². The molecule has 1 amide bonds. The van der Waals surface area contributed by atoms with Crippen molar-refractivity contribution in [2.24, 2.45) is 5.92 Å². The number of imidazole rings is 1. The highest BCUT2D eigenvalue weighted by Gasteiger charge is 2.28. The van der Waals surface area contributed by atoms with Gasteiger partial charge in [-0.05, 0) is 54.8 Å². The van der Waals surface area contributed by atoms with Crippen LogP contribution in [-0.4, -0.2) is 26.9 Å². The molecule has 3 aromatic rings. The second-order valence-corrected chi connectivity index (χ2v) is 9.20. The maximum atomic E-state index is 14.0. The fourth-order valence-corrected chi connectivity index (χ4v) is 4.58. The maximum Gasteiger partial charge on any atom is 0.223 e. The number of nitrogens with zero attached hydrogens (tertiary/aromatic N) is 3. The number of anilines is 2. The second-order valence-electron chi connectivity index (χ2n) is 8.79. The summed E-state index contributed by atoms with van der Waals surface area (Å²) >= 11 is 5.83. The van der Waals surface area contributed by atoms with Crippen molar-refractivity contribution in [1.82, 2.24) is 14.5 Å². The van der Waals surface area contributed by atoms with E-state index in [1.807, 2.05) is 9.47 Å². The van der Waals surface area contributed by atoms with Gasteiger partial charge in [0.2, 0.25) is 5.91 Å². The molecule has 8 heteroatoms. The van der Waals surface area contributed by atoms with Crippen LogP contribution < -0.4 is 5.32 Å². The molecule has 172 valence electrons. The summed E-state index contributed by atoms with van der Waals surface area (Å²) in [4.78, 5) is 19.5. The number of halogens is 3. The molecular weight excluding hydrogens is 446 g/mol. The quantitative estimate of drug-likeness (QED) is 0.470. The third-order valence-corrected chi connectivity index (χ3v) is 6.92. The highest BCUT2D eigenvalue weighted by atomic mass is 35.5. The van der Waals surface area contributed by atoms with Gasteiger partial charge in [0, 0.05) is 30.8 Å². The van der Waals surface area contributed by atoms with Crippen molar-refractivity contribution in [1.29, 1.82) is 0 Å². The predicted octanol–water partition coefficient (Wildman–Crippen LogP) is 6.15. The number of carbonyl (C=O) groups excluding carboxylic acids is 1. The van der Waals surface area contributed by atoms with Gasteiger partial charge in [-0.1, -0.05) is 30.9 Å². The Balaban J connectivity index is 1.43. The lowest BCUT2D eigenvalue weighted by Gasteiger charge is -2.30. The molecule has 1 aliphatic heterocycles. The first kappa shape index (κ1) is 21.9. The van der Waals surface area contributed by atoms with Crippen molar-refractivity contribution >= 4 is 29.0 Å². The Morgan fingerprint density at radius 2 is 1.91 bits per heavy atom. The first-order valence-corrected chi connectivity index (χ1v) is 11.7. The Bertz CT molecular complexity index is 1170. The third-order valence-electron chi connectivity index (χ3n) is 6.62. The van der Waals surface area contributed by atoms with Crippen molar-refractivity contribution in [3.05, 3.63) is 64.9 Å². The van der Waals surface area contributed by atoms with Gasteiger partial charge in [0.15, 0.2) is 0 Å². The van der Waals surface area contributed by atoms with Crippen molar-refractivity contribution in [2.75, 3.05) is 11.9 Å². The number of carbonyl (C=O) groups is 1. The summed E-state index contributed by atoms with van der Waals surface area (Å²) < 4.78 is 29.6. The van der Waals surface area contributed by atoms with Crippen LogP contribution in [0.15, 0.2) is 42.5 Å². The number of hydrogen-bond donors (Lipinski definition) is 1. The van der Waals surface area contributed by atoms with E-state index < -0.39 is 5.82 Å². The summed E-state index contributed by atoms with van der Waals surface area (Å²) in [6, 6.07) is 10.6. The minimum atomic E-state index is -0.522. The van der Waals surface area contributed by atoms with Gasteiger partial charge in [0.25, 0.3) is 0 Å². The molecule has 1 aromatic heterocycles. The van der Waals surface area contributed by atoms with Crippen molar-refractivity contribution in [3.8, 4) is 11.3 Å². The fraction of sp³-hybridized carbons (Fsp3) is 0.360. The fourth-order valence-electron chi connectivity index (χ4n) is 4.46. The lowest BCUT2D eigenvalue weighted by Crippen LogP contribution is -2.38. The molecule has 1 N–H and O–H groups in total. The van der Waals surface area contributed by atoms with Crippen LogP contribution in [0.1, 0.15) is 37.9 Å². The Labute approximate surface area is 196 Å². The van der Waals surface area contributed by atoms with Crippen LogP contribution in [-0.2, 0) is 17.9 Å². The molecule has 2 heterocycles. The molecule has 0 radical (unpaired) electrons. The van der Waals surface area contributed by atoms with E-state index in [2.05, 4.69) is 5.32 Å². The number of nitrogens with one attached hydrogen (secondary N) is 1. The molecule has 2 aromatic carbocycles. The first-order chi connectivity index (χ1) is 16.0. The Kier molecular flexibility index (Phi) is 6.06. The largest absolute Gasteiger partial charge is 0.340 e. The monoisotopic (exact) mass is 470 g/mol. The van der Waals surface area contributed by atoms with Gasteiger partial charge in [-0.25, -0.2) is 13.8 Å². The van der Waals surface area contributed by atoms with E-state index in [1.54, 1.807) is 18.2 Å². The summed E-state index contributed by atoms with van der Waals surface area (Å²) in [5.41, 5.74) is 1.89. The zero-order valence-corrected chi connectivity index (χ0v) is 18.9. The van der Waals surface area contributed by atoms with Crippen LogP contribution in [0.4, 0.5) is 20.3 Å². The topological polar surface area (TPSA) is 50.2 Å². The number of rotatable bonds is 6. The zero-order chi connectivity index (χ0) is 22.9. The molecule has 5 nitrogen and oxygen atoms in total. The van der Waals surface area contributed by atoms with E-state index in [4.69, 9.17) is 16.6 Å². The van der Waals surface area contributed by atoms with E-state index in [0.29, 0.717) is 49.2 Å². The van der Waals surface area contributed by atoms with E-state index >= 15 is 0 Å². The molecule has 0 unspecified atom stereocenters. The van der Waals surface area contributed by atoms with E-state index in [0.717, 1.165) is 17.8 Å². The van der Waals surface area contributed by atoms with Crippen LogP contribution in [0, 0.1) is 17.6 Å². The number of benzene rings is 2. The minimum Gasteiger partial charge on any atom is -0.340 e. The van der Waals surface area contributed by atoms with Gasteiger partial charge in [-0.2, -0.15) is 0 Å². The van der Waals surface area contributed by atoms with Crippen LogP contribution in [0.5, 0.6) is 0 Å². The summed E-state index contributed by atoms with van der Waals surface area (Å²) in [5.74, 6) is 1.43. The SMILES string of the molecule is O=C(CCC1CCC1)N1CCn2c(nc(-c3ccc(F)cc3)c2Nc2ccc(Cl)c(F)c2)C1. The normalized spacial score (nSPS) is 15.8. The zero-order valence-electron chi connectivity index (χ0n) is 18.2. The van der Waals surface area contributed by atoms with Crippen LogP contribution in [0.25, 0.3) is 11.3 Å². The molecule has 0 spiro atoms. The lowest BCUT2D eigenvalue weighted by atomic mass is 9.82. The second kappa shape index (κ2) is 9.14. The first-order valence-electron chi connectivity index (χ1n) is 11.3. The van der Waals surface area contributed by atoms with Crippen molar-refractivity contribution in [3.63, 3.8) is 0 Å². The standard InChI is InChI=1S/C25H25ClF2N4O/c26-20-10-9-19(14-21(20)28)29-25-24(17-5-7-18(27)8-6-17)30-22-15-31(12-13-32(22)25)23(33)11-4-16-2-1-3-16/h5-10,14,16,29H,1-4,11-13,15H2. The Hall–Kier alpha value is -2.93. The molecular formula is C25H25ClF2N4O. The predicted molar refractivity (Wildman–Crippen MR) is 124 cm³/mol. The molecule has 0 atom stereocenters. The summed E-state index contributed by atoms with van der Waals surface area (Å²) in [5, 5.41) is 3.31. The average Bonchev–Trinajstić information content (AvgIpc) is 3.13. The van der Waals surface area contributed by atoms with E-state index in [-0.39, 0.29) is 16.7 Å². The summed E-state index contributed by atoms with van der Waals surface area (Å²) in [6.45, 7) is 1.56. The summed E-state index contributed by atoms with van der Waals surface area (Å²) in [7, 11) is 0. The Morgan fingerprint density at radius 1 is 1.12 bits per heavy atom. The van der Waals surface area contributed by atoms with Crippen LogP contribution in [0.3, 0.4) is 0 Å². The van der Waals surface area contributed by atoms with E-state index in [1.165, 1.54) is 43.5 Å². The third kappa shape index (κ3) is 4.60. The molecule has 2 aliphatic rings. The molecule has 5 rings (SSSR count). The molecule has 1 saturated carbocycles. The van der Waals surface area contributed by atoms with Gasteiger partial charge < -0.3 is 14.8 Å². The molecule has 0 bridgehead atoms. The Morgan fingerprint density at radius 3 is 2.61 bits per heavy atom. The van der Waals surface area contributed by atoms with Gasteiger partial charge in [0.05, 0.1) is 11.6 Å². The van der Waals surface area contributed by atoms with Crippen LogP contribution >= 0.6 is 11.6 Å². The smallest absolute Gasteiger partial charge is 0.223 e. The summed E-state index contributed by atoms with van der Waals surface area (Å²) in [6.07, 6.45) is 5.28. The van der Waals surface area contributed by atoms with Crippen molar-refractivity contribution in [2.45, 2.75) is 45.2 Å². The van der Waals surface area contributed by atoms with Gasteiger partial charge in [-0.15, -0.1) is 0 Å². The number of aromatic nitrogens is 2. The molecule has 1 fully saturated rings. The van der Waals surface area contributed by atoms with Gasteiger partial charge in [-0.3, -0.25) is 4.79 Å². The molecule has 1 aliphatic carbocycles. The number of fused-ring (bicyclic) bond motifs is 1. The number of amides is 1. The highest BCUT2D eigenvalue weighted by molar-refractivity contribution is 6.30. The molecule has 33 heavy (non-hydrogen) atoms. The average molecular weight is 471 g/mol. The molecule has 0 saturated heterocycles. The highest BCUT2D eigenvalue weighted by Crippen LogP contribution is 2.35.